The molecule has 0 fully saturated rings. The molecule has 4 aromatic rings. The average molecular weight is 520 g/mol. The Labute approximate surface area is 221 Å². The standard InChI is InChI=1S/C29H30ClN3O4/c1-18(2)37-27-11-10-22(16-25(27)30)29(36)31-23(12-14-34)15-20-6-8-21(9-7-20)26-17-33-13-4-5-24(19(3)35)28(33)32-26/h4-11,13,16-18,23,34H,12,14-15H2,1-3H3,(H,31,36). The van der Waals surface area contributed by atoms with E-state index >= 15 is 0 Å². The summed E-state index contributed by atoms with van der Waals surface area (Å²) in [7, 11) is 0. The first kappa shape index (κ1) is 26.4. The number of ether oxygens (including phenoxy) is 1. The molecular weight excluding hydrogens is 490 g/mol. The van der Waals surface area contributed by atoms with Gasteiger partial charge < -0.3 is 19.6 Å². The van der Waals surface area contributed by atoms with Gasteiger partial charge in [0.2, 0.25) is 0 Å². The number of nitrogens with zero attached hydrogens (tertiary/aromatic N) is 2. The van der Waals surface area contributed by atoms with Gasteiger partial charge in [-0.2, -0.15) is 0 Å². The normalized spacial score (nSPS) is 12.1. The zero-order valence-electron chi connectivity index (χ0n) is 21.1. The van der Waals surface area contributed by atoms with E-state index in [1.807, 2.05) is 61.0 Å². The third-order valence-corrected chi connectivity index (χ3v) is 6.26. The number of carbonyl (C=O) groups excluding carboxylic acids is 2. The number of hydrogen-bond donors (Lipinski definition) is 2. The van der Waals surface area contributed by atoms with Crippen LogP contribution in [0.2, 0.25) is 5.02 Å². The van der Waals surface area contributed by atoms with Crippen LogP contribution in [0, 0.1) is 0 Å². The van der Waals surface area contributed by atoms with Crippen molar-refractivity contribution in [2.45, 2.75) is 45.8 Å². The molecular formula is C29H30ClN3O4. The second-order valence-corrected chi connectivity index (χ2v) is 9.64. The average Bonchev–Trinajstić information content (AvgIpc) is 3.30. The lowest BCUT2D eigenvalue weighted by Crippen LogP contribution is -2.37. The van der Waals surface area contributed by atoms with E-state index in [1.165, 1.54) is 6.92 Å². The van der Waals surface area contributed by atoms with E-state index in [-0.39, 0.29) is 30.4 Å². The van der Waals surface area contributed by atoms with Gasteiger partial charge in [0.15, 0.2) is 5.78 Å². The van der Waals surface area contributed by atoms with Crippen molar-refractivity contribution in [3.63, 3.8) is 0 Å². The molecule has 1 unspecified atom stereocenters. The van der Waals surface area contributed by atoms with Crippen molar-refractivity contribution in [2.75, 3.05) is 6.61 Å². The van der Waals surface area contributed by atoms with Gasteiger partial charge in [-0.1, -0.05) is 35.9 Å². The second-order valence-electron chi connectivity index (χ2n) is 9.23. The number of aliphatic hydroxyl groups excluding tert-OH is 1. The zero-order valence-corrected chi connectivity index (χ0v) is 21.8. The summed E-state index contributed by atoms with van der Waals surface area (Å²) in [4.78, 5) is 29.5. The van der Waals surface area contributed by atoms with Crippen molar-refractivity contribution >= 4 is 28.9 Å². The Morgan fingerprint density at radius 3 is 2.54 bits per heavy atom. The fourth-order valence-electron chi connectivity index (χ4n) is 4.16. The molecule has 0 spiro atoms. The molecule has 2 aromatic carbocycles. The molecule has 2 heterocycles. The van der Waals surface area contributed by atoms with Crippen molar-refractivity contribution < 1.29 is 19.4 Å². The minimum atomic E-state index is -0.265. The lowest BCUT2D eigenvalue weighted by Gasteiger charge is -2.19. The van der Waals surface area contributed by atoms with Gasteiger partial charge in [-0.3, -0.25) is 9.59 Å². The molecule has 37 heavy (non-hydrogen) atoms. The van der Waals surface area contributed by atoms with Gasteiger partial charge in [-0.05, 0) is 69.5 Å². The number of fused-ring (bicyclic) bond motifs is 1. The quantitative estimate of drug-likeness (QED) is 0.275. The van der Waals surface area contributed by atoms with Crippen LogP contribution in [0.5, 0.6) is 5.75 Å². The molecule has 4 rings (SSSR count). The third kappa shape index (κ3) is 6.37. The highest BCUT2D eigenvalue weighted by Crippen LogP contribution is 2.27. The molecule has 192 valence electrons. The van der Waals surface area contributed by atoms with E-state index in [2.05, 4.69) is 10.3 Å². The second kappa shape index (κ2) is 11.6. The Hall–Kier alpha value is -3.68. The van der Waals surface area contributed by atoms with Gasteiger partial charge in [0.25, 0.3) is 5.91 Å². The third-order valence-electron chi connectivity index (χ3n) is 5.96. The summed E-state index contributed by atoms with van der Waals surface area (Å²) in [5.41, 5.74) is 4.33. The predicted molar refractivity (Wildman–Crippen MR) is 145 cm³/mol. The summed E-state index contributed by atoms with van der Waals surface area (Å²) in [6.45, 7) is 5.30. The number of aromatic nitrogens is 2. The van der Waals surface area contributed by atoms with Crippen molar-refractivity contribution in [3.05, 3.63) is 88.7 Å². The van der Waals surface area contributed by atoms with Crippen LogP contribution in [-0.2, 0) is 6.42 Å². The van der Waals surface area contributed by atoms with Gasteiger partial charge in [-0.25, -0.2) is 4.98 Å². The van der Waals surface area contributed by atoms with Crippen LogP contribution in [0.25, 0.3) is 16.9 Å². The number of rotatable bonds is 10. The molecule has 0 aliphatic heterocycles. The molecule has 0 saturated carbocycles. The number of halogens is 1. The maximum atomic E-state index is 12.9. The summed E-state index contributed by atoms with van der Waals surface area (Å²) >= 11 is 6.29. The molecule has 2 N–H and O–H groups in total. The molecule has 0 saturated heterocycles. The fraction of sp³-hybridized carbons (Fsp3) is 0.276. The maximum absolute atomic E-state index is 12.9. The lowest BCUT2D eigenvalue weighted by atomic mass is 10.0. The number of amides is 1. The van der Waals surface area contributed by atoms with Crippen molar-refractivity contribution in [1.82, 2.24) is 14.7 Å². The molecule has 0 radical (unpaired) electrons. The first-order valence-corrected chi connectivity index (χ1v) is 12.6. The maximum Gasteiger partial charge on any atom is 0.251 e. The Balaban J connectivity index is 1.46. The van der Waals surface area contributed by atoms with Crippen molar-refractivity contribution in [2.24, 2.45) is 0 Å². The SMILES string of the molecule is CC(=O)c1cccn2cc(-c3ccc(CC(CCO)NC(=O)c4ccc(OC(C)C)c(Cl)c4)cc3)nc12. The van der Waals surface area contributed by atoms with Gasteiger partial charge in [0, 0.05) is 36.2 Å². The Kier molecular flexibility index (Phi) is 8.26. The smallest absolute Gasteiger partial charge is 0.251 e. The van der Waals surface area contributed by atoms with Crippen LogP contribution in [-0.4, -0.2) is 44.9 Å². The Bertz CT molecular complexity index is 1410. The monoisotopic (exact) mass is 519 g/mol. The molecule has 0 aliphatic rings. The van der Waals surface area contributed by atoms with Crippen LogP contribution in [0.15, 0.2) is 67.0 Å². The first-order chi connectivity index (χ1) is 17.7. The summed E-state index contributed by atoms with van der Waals surface area (Å²) in [6, 6.07) is 16.2. The predicted octanol–water partition coefficient (Wildman–Crippen LogP) is 5.37. The van der Waals surface area contributed by atoms with E-state index in [9.17, 15) is 14.7 Å². The highest BCUT2D eigenvalue weighted by atomic mass is 35.5. The van der Waals surface area contributed by atoms with E-state index in [0.29, 0.717) is 40.4 Å². The van der Waals surface area contributed by atoms with Crippen LogP contribution < -0.4 is 10.1 Å². The largest absolute Gasteiger partial charge is 0.489 e. The zero-order chi connectivity index (χ0) is 26.5. The molecule has 2 aromatic heterocycles. The summed E-state index contributed by atoms with van der Waals surface area (Å²) in [5.74, 6) is 0.236. The number of carbonyl (C=O) groups is 2. The van der Waals surface area contributed by atoms with Gasteiger partial charge in [0.1, 0.15) is 11.4 Å². The molecule has 0 aliphatic carbocycles. The number of Topliss-reactive ketones (excluding diaryl/α,β-unsaturated/α-hetero) is 1. The Morgan fingerprint density at radius 1 is 1.14 bits per heavy atom. The van der Waals surface area contributed by atoms with E-state index in [0.717, 1.165) is 16.8 Å². The molecule has 0 bridgehead atoms. The topological polar surface area (TPSA) is 92.9 Å². The Morgan fingerprint density at radius 2 is 1.89 bits per heavy atom. The highest BCUT2D eigenvalue weighted by Gasteiger charge is 2.17. The van der Waals surface area contributed by atoms with Crippen LogP contribution in [0.3, 0.4) is 0 Å². The number of hydrogen-bond acceptors (Lipinski definition) is 5. The molecule has 1 atom stereocenters. The lowest BCUT2D eigenvalue weighted by molar-refractivity contribution is 0.0929. The minimum absolute atomic E-state index is 0.0248. The number of benzene rings is 2. The van der Waals surface area contributed by atoms with E-state index < -0.39 is 0 Å². The molecule has 7 nitrogen and oxygen atoms in total. The van der Waals surface area contributed by atoms with Crippen LogP contribution in [0.1, 0.15) is 53.5 Å². The number of pyridine rings is 1. The summed E-state index contributed by atoms with van der Waals surface area (Å²) < 4.78 is 7.48. The molecule has 8 heteroatoms. The summed E-state index contributed by atoms with van der Waals surface area (Å²) in [5, 5.41) is 12.9. The van der Waals surface area contributed by atoms with E-state index in [1.54, 1.807) is 24.3 Å². The summed E-state index contributed by atoms with van der Waals surface area (Å²) in [6.07, 6.45) is 4.70. The first-order valence-electron chi connectivity index (χ1n) is 12.2. The number of nitrogens with one attached hydrogen (secondary N) is 1. The van der Waals surface area contributed by atoms with Gasteiger partial charge in [-0.15, -0.1) is 0 Å². The van der Waals surface area contributed by atoms with Crippen LogP contribution in [0.4, 0.5) is 0 Å². The highest BCUT2D eigenvalue weighted by molar-refractivity contribution is 6.32. The van der Waals surface area contributed by atoms with Gasteiger partial charge in [0.05, 0.1) is 22.4 Å². The number of imidazole rings is 1. The van der Waals surface area contributed by atoms with Gasteiger partial charge >= 0.3 is 0 Å². The number of aliphatic hydroxyl groups is 1. The van der Waals surface area contributed by atoms with Crippen molar-refractivity contribution in [3.8, 4) is 17.0 Å². The fourth-order valence-corrected chi connectivity index (χ4v) is 4.39. The van der Waals surface area contributed by atoms with E-state index in [4.69, 9.17) is 16.3 Å². The van der Waals surface area contributed by atoms with Crippen molar-refractivity contribution in [1.29, 1.82) is 0 Å². The number of ketones is 1. The molecule has 1 amide bonds. The van der Waals surface area contributed by atoms with Crippen LogP contribution >= 0.6 is 11.6 Å². The minimum Gasteiger partial charge on any atom is -0.489 e.